The average molecular weight is 581 g/mol. The molecule has 0 saturated carbocycles. The van der Waals surface area contributed by atoms with Crippen LogP contribution in [0.5, 0.6) is 5.88 Å². The first-order valence-corrected chi connectivity index (χ1v) is 13.7. The molecule has 4 heterocycles. The molecule has 4 aromatic rings. The van der Waals surface area contributed by atoms with Gasteiger partial charge in [-0.1, -0.05) is 23.7 Å². The van der Waals surface area contributed by atoms with Gasteiger partial charge in [0.15, 0.2) is 23.6 Å². The molecule has 5 rings (SSSR count). The number of aromatic nitrogens is 5. The highest BCUT2D eigenvalue weighted by Gasteiger charge is 2.24. The molecule has 41 heavy (non-hydrogen) atoms. The van der Waals surface area contributed by atoms with Crippen molar-refractivity contribution in [2.45, 2.75) is 39.3 Å². The molecule has 1 N–H and O–H groups in total. The summed E-state index contributed by atoms with van der Waals surface area (Å²) in [6, 6.07) is 7.08. The molecule has 1 saturated heterocycles. The van der Waals surface area contributed by atoms with Crippen LogP contribution in [0, 0.1) is 0 Å². The number of benzene rings is 1. The van der Waals surface area contributed by atoms with Crippen molar-refractivity contribution in [1.29, 1.82) is 0 Å². The SMILES string of the molecule is C[C@H](Nc1ncnc2c1ncn2C(=O)OC(C)(C)C)c1cc2cccc(Cl)c2c(OCC(=O)N2CCN(C)CC2)n1. The summed E-state index contributed by atoms with van der Waals surface area (Å²) in [5.41, 5.74) is 0.688. The van der Waals surface area contributed by atoms with E-state index in [9.17, 15) is 9.59 Å². The maximum Gasteiger partial charge on any atom is 0.421 e. The van der Waals surface area contributed by atoms with Crippen LogP contribution < -0.4 is 10.1 Å². The van der Waals surface area contributed by atoms with Crippen molar-refractivity contribution in [2.75, 3.05) is 45.2 Å². The van der Waals surface area contributed by atoms with Gasteiger partial charge in [0.05, 0.1) is 22.1 Å². The zero-order valence-electron chi connectivity index (χ0n) is 23.7. The van der Waals surface area contributed by atoms with Crippen LogP contribution in [0.3, 0.4) is 0 Å². The monoisotopic (exact) mass is 580 g/mol. The number of imidazole rings is 1. The summed E-state index contributed by atoms with van der Waals surface area (Å²) in [6.07, 6.45) is 2.13. The summed E-state index contributed by atoms with van der Waals surface area (Å²) >= 11 is 6.54. The number of pyridine rings is 1. The Bertz CT molecular complexity index is 1590. The number of carbonyl (C=O) groups is 2. The fourth-order valence-corrected chi connectivity index (χ4v) is 4.78. The lowest BCUT2D eigenvalue weighted by Crippen LogP contribution is -2.48. The van der Waals surface area contributed by atoms with Crippen molar-refractivity contribution in [1.82, 2.24) is 34.3 Å². The highest BCUT2D eigenvalue weighted by Crippen LogP contribution is 2.34. The lowest BCUT2D eigenvalue weighted by molar-refractivity contribution is -0.135. The number of piperazine rings is 1. The Morgan fingerprint density at radius 1 is 1.12 bits per heavy atom. The molecule has 12 nitrogen and oxygen atoms in total. The number of hydrogen-bond donors (Lipinski definition) is 1. The quantitative estimate of drug-likeness (QED) is 0.355. The predicted molar refractivity (Wildman–Crippen MR) is 155 cm³/mol. The molecule has 3 aromatic heterocycles. The first-order chi connectivity index (χ1) is 19.5. The highest BCUT2D eigenvalue weighted by molar-refractivity contribution is 6.36. The van der Waals surface area contributed by atoms with Crippen molar-refractivity contribution < 1.29 is 19.1 Å². The average Bonchev–Trinajstić information content (AvgIpc) is 3.36. The highest BCUT2D eigenvalue weighted by atomic mass is 35.5. The summed E-state index contributed by atoms with van der Waals surface area (Å²) < 4.78 is 12.7. The zero-order valence-corrected chi connectivity index (χ0v) is 24.5. The first-order valence-electron chi connectivity index (χ1n) is 13.4. The van der Waals surface area contributed by atoms with Gasteiger partial charge >= 0.3 is 6.09 Å². The molecule has 0 spiro atoms. The number of amides is 1. The van der Waals surface area contributed by atoms with E-state index in [0.717, 1.165) is 18.5 Å². The number of likely N-dealkylation sites (N-methyl/N-ethyl adjacent to an activating group) is 1. The molecule has 1 aromatic carbocycles. The minimum Gasteiger partial charge on any atom is -0.467 e. The van der Waals surface area contributed by atoms with Crippen LogP contribution in [0.2, 0.25) is 5.02 Å². The van der Waals surface area contributed by atoms with Gasteiger partial charge in [-0.05, 0) is 52.3 Å². The van der Waals surface area contributed by atoms with E-state index >= 15 is 0 Å². The summed E-state index contributed by atoms with van der Waals surface area (Å²) in [4.78, 5) is 47.2. The van der Waals surface area contributed by atoms with Gasteiger partial charge in [-0.25, -0.2) is 29.3 Å². The fraction of sp³-hybridized carbons (Fsp3) is 0.429. The van der Waals surface area contributed by atoms with Crippen molar-refractivity contribution in [3.63, 3.8) is 0 Å². The van der Waals surface area contributed by atoms with Gasteiger partial charge in [0.2, 0.25) is 5.88 Å². The maximum atomic E-state index is 12.9. The Morgan fingerprint density at radius 2 is 1.88 bits per heavy atom. The number of fused-ring (bicyclic) bond motifs is 2. The molecule has 1 fully saturated rings. The van der Waals surface area contributed by atoms with E-state index in [4.69, 9.17) is 26.1 Å². The molecular formula is C28H33ClN8O4. The van der Waals surface area contributed by atoms with Gasteiger partial charge in [-0.3, -0.25) is 4.79 Å². The van der Waals surface area contributed by atoms with E-state index in [1.165, 1.54) is 17.2 Å². The van der Waals surface area contributed by atoms with Gasteiger partial charge in [-0.2, -0.15) is 0 Å². The molecule has 0 unspecified atom stereocenters. The maximum absolute atomic E-state index is 12.9. The van der Waals surface area contributed by atoms with Crippen LogP contribution in [0.1, 0.15) is 39.4 Å². The van der Waals surface area contributed by atoms with E-state index in [-0.39, 0.29) is 24.4 Å². The van der Waals surface area contributed by atoms with Crippen molar-refractivity contribution in [2.24, 2.45) is 0 Å². The molecule has 1 amide bonds. The van der Waals surface area contributed by atoms with Crippen LogP contribution in [0.4, 0.5) is 10.6 Å². The number of halogens is 1. The van der Waals surface area contributed by atoms with E-state index in [1.54, 1.807) is 31.7 Å². The number of rotatable bonds is 6. The minimum atomic E-state index is -0.671. The van der Waals surface area contributed by atoms with Gasteiger partial charge in [0.25, 0.3) is 5.91 Å². The third-order valence-corrected chi connectivity index (χ3v) is 7.02. The molecule has 0 radical (unpaired) electrons. The molecule has 13 heteroatoms. The number of nitrogens with zero attached hydrogens (tertiary/aromatic N) is 7. The van der Waals surface area contributed by atoms with Gasteiger partial charge in [-0.15, -0.1) is 0 Å². The summed E-state index contributed by atoms with van der Waals surface area (Å²) in [7, 11) is 2.04. The molecular weight excluding hydrogens is 548 g/mol. The molecule has 216 valence electrons. The smallest absolute Gasteiger partial charge is 0.421 e. The number of hydrogen-bond acceptors (Lipinski definition) is 10. The summed E-state index contributed by atoms with van der Waals surface area (Å²) in [5, 5.41) is 5.26. The topological polar surface area (TPSA) is 128 Å². The molecule has 0 bridgehead atoms. The van der Waals surface area contributed by atoms with Gasteiger partial charge < -0.3 is 24.6 Å². The Kier molecular flexibility index (Phi) is 7.96. The van der Waals surface area contributed by atoms with Crippen LogP contribution in [-0.2, 0) is 9.53 Å². The van der Waals surface area contributed by atoms with E-state index in [0.29, 0.717) is 46.2 Å². The van der Waals surface area contributed by atoms with E-state index in [2.05, 4.69) is 25.2 Å². The van der Waals surface area contributed by atoms with Crippen LogP contribution in [0.15, 0.2) is 36.9 Å². The normalized spacial score (nSPS) is 15.2. The Labute approximate surface area is 242 Å². The van der Waals surface area contributed by atoms with Crippen LogP contribution in [-0.4, -0.2) is 91.7 Å². The Morgan fingerprint density at radius 3 is 2.61 bits per heavy atom. The second kappa shape index (κ2) is 11.5. The molecule has 1 aliphatic heterocycles. The standard InChI is InChI=1S/C28H33ClN8O4/c1-17(33-24-23-25(31-15-30-24)37(16-32-23)27(39)41-28(2,3)4)20-13-18-7-6-8-19(29)22(18)26(34-20)40-14-21(38)36-11-9-35(5)10-12-36/h6-8,13,15-17H,9-12,14H2,1-5H3,(H,30,31,33)/t17-/m0/s1. The lowest BCUT2D eigenvalue weighted by atomic mass is 10.1. The largest absolute Gasteiger partial charge is 0.467 e. The number of ether oxygens (including phenoxy) is 2. The third-order valence-electron chi connectivity index (χ3n) is 6.70. The fourth-order valence-electron chi connectivity index (χ4n) is 4.52. The number of anilines is 1. The second-order valence-electron chi connectivity index (χ2n) is 11.0. The van der Waals surface area contributed by atoms with Crippen molar-refractivity contribution in [3.8, 4) is 5.88 Å². The zero-order chi connectivity index (χ0) is 29.3. The lowest BCUT2D eigenvalue weighted by Gasteiger charge is -2.32. The molecule has 0 aliphatic carbocycles. The molecule has 1 atom stereocenters. The van der Waals surface area contributed by atoms with E-state index in [1.807, 2.05) is 32.2 Å². The van der Waals surface area contributed by atoms with Crippen LogP contribution >= 0.6 is 11.6 Å². The van der Waals surface area contributed by atoms with Gasteiger partial charge in [0.1, 0.15) is 18.3 Å². The number of nitrogens with one attached hydrogen (secondary N) is 1. The summed E-state index contributed by atoms with van der Waals surface area (Å²) in [6.45, 7) is 10.1. The predicted octanol–water partition coefficient (Wildman–Crippen LogP) is 4.14. The number of carbonyl (C=O) groups excluding carboxylic acids is 2. The third kappa shape index (κ3) is 6.33. The van der Waals surface area contributed by atoms with Gasteiger partial charge in [0, 0.05) is 26.2 Å². The van der Waals surface area contributed by atoms with Crippen molar-refractivity contribution in [3.05, 3.63) is 47.6 Å². The minimum absolute atomic E-state index is 0.0966. The summed E-state index contributed by atoms with van der Waals surface area (Å²) in [5.74, 6) is 0.604. The Hall–Kier alpha value is -4.03. The second-order valence-corrected chi connectivity index (χ2v) is 11.4. The Balaban J connectivity index is 1.40. The van der Waals surface area contributed by atoms with Crippen LogP contribution in [0.25, 0.3) is 21.9 Å². The molecule has 1 aliphatic rings. The van der Waals surface area contributed by atoms with E-state index < -0.39 is 11.7 Å². The first kappa shape index (κ1) is 28.5. The van der Waals surface area contributed by atoms with Crippen molar-refractivity contribution >= 4 is 51.4 Å².